The molecule has 0 fully saturated rings. The highest BCUT2D eigenvalue weighted by Gasteiger charge is 2.19. The molecular formula is C10H12N4O2. The minimum absolute atomic E-state index is 0.217. The number of pyridine rings is 1. The van der Waals surface area contributed by atoms with Crippen molar-refractivity contribution >= 4 is 0 Å². The maximum atomic E-state index is 9.29. The van der Waals surface area contributed by atoms with Gasteiger partial charge in [-0.1, -0.05) is 5.16 Å². The van der Waals surface area contributed by atoms with E-state index in [9.17, 15) is 5.11 Å². The van der Waals surface area contributed by atoms with Crippen molar-refractivity contribution in [1.29, 1.82) is 0 Å². The van der Waals surface area contributed by atoms with Crippen molar-refractivity contribution in [2.24, 2.45) is 5.73 Å². The Balaban J connectivity index is 2.27. The van der Waals surface area contributed by atoms with Crippen LogP contribution in [-0.2, 0) is 0 Å². The van der Waals surface area contributed by atoms with E-state index in [1.807, 2.05) is 6.07 Å². The van der Waals surface area contributed by atoms with Crippen LogP contribution in [0.25, 0.3) is 11.4 Å². The second-order valence-electron chi connectivity index (χ2n) is 3.46. The van der Waals surface area contributed by atoms with Gasteiger partial charge in [0.2, 0.25) is 11.7 Å². The molecule has 0 aliphatic heterocycles. The molecule has 2 aromatic heterocycles. The van der Waals surface area contributed by atoms with Crippen LogP contribution in [0.4, 0.5) is 0 Å². The van der Waals surface area contributed by atoms with Gasteiger partial charge in [-0.05, 0) is 19.1 Å². The number of rotatable bonds is 3. The maximum absolute atomic E-state index is 9.29. The molecule has 2 aromatic rings. The summed E-state index contributed by atoms with van der Waals surface area (Å²) in [6.07, 6.45) is 2.55. The van der Waals surface area contributed by atoms with Crippen LogP contribution in [0.2, 0.25) is 0 Å². The van der Waals surface area contributed by atoms with Crippen LogP contribution in [0.1, 0.15) is 18.9 Å². The molecule has 6 heteroatoms. The molecule has 3 N–H and O–H groups in total. The van der Waals surface area contributed by atoms with E-state index in [1.54, 1.807) is 25.4 Å². The second kappa shape index (κ2) is 4.38. The van der Waals surface area contributed by atoms with E-state index in [2.05, 4.69) is 15.1 Å². The first kappa shape index (κ1) is 10.7. The van der Waals surface area contributed by atoms with E-state index in [0.717, 1.165) is 5.56 Å². The van der Waals surface area contributed by atoms with E-state index in [0.29, 0.717) is 5.82 Å². The summed E-state index contributed by atoms with van der Waals surface area (Å²) in [6.45, 7) is 1.57. The molecule has 0 aromatic carbocycles. The molecule has 0 unspecified atom stereocenters. The lowest BCUT2D eigenvalue weighted by Crippen LogP contribution is -2.23. The van der Waals surface area contributed by atoms with E-state index >= 15 is 0 Å². The molecule has 0 bridgehead atoms. The smallest absolute Gasteiger partial charge is 0.246 e. The lowest BCUT2D eigenvalue weighted by Gasteiger charge is -2.08. The Bertz CT molecular complexity index is 455. The molecule has 2 rings (SSSR count). The van der Waals surface area contributed by atoms with Gasteiger partial charge in [0.05, 0.1) is 6.10 Å². The molecule has 2 heterocycles. The molecule has 0 spiro atoms. The van der Waals surface area contributed by atoms with Gasteiger partial charge in [0, 0.05) is 18.0 Å². The molecule has 84 valence electrons. The van der Waals surface area contributed by atoms with Gasteiger partial charge >= 0.3 is 0 Å². The summed E-state index contributed by atoms with van der Waals surface area (Å²) in [5.74, 6) is 0.632. The highest BCUT2D eigenvalue weighted by molar-refractivity contribution is 5.51. The van der Waals surface area contributed by atoms with E-state index in [-0.39, 0.29) is 5.89 Å². The third-order valence-electron chi connectivity index (χ3n) is 2.17. The molecular weight excluding hydrogens is 208 g/mol. The van der Waals surface area contributed by atoms with E-state index < -0.39 is 12.1 Å². The number of aliphatic hydroxyl groups excluding tert-OH is 1. The predicted octanol–water partition coefficient (Wildman–Crippen LogP) is 0.512. The third-order valence-corrected chi connectivity index (χ3v) is 2.17. The fourth-order valence-corrected chi connectivity index (χ4v) is 1.19. The first-order chi connectivity index (χ1) is 7.68. The molecule has 0 saturated heterocycles. The third kappa shape index (κ3) is 2.07. The number of nitrogens with two attached hydrogens (primary N) is 1. The summed E-state index contributed by atoms with van der Waals surface area (Å²) in [5.41, 5.74) is 6.41. The van der Waals surface area contributed by atoms with E-state index in [4.69, 9.17) is 10.3 Å². The lowest BCUT2D eigenvalue weighted by atomic mass is 10.2. The van der Waals surface area contributed by atoms with Crippen molar-refractivity contribution in [1.82, 2.24) is 15.1 Å². The molecule has 0 amide bonds. The Labute approximate surface area is 92.1 Å². The van der Waals surface area contributed by atoms with Crippen molar-refractivity contribution in [2.75, 3.05) is 0 Å². The van der Waals surface area contributed by atoms with Crippen LogP contribution in [-0.4, -0.2) is 26.3 Å². The molecule has 0 saturated carbocycles. The lowest BCUT2D eigenvalue weighted by molar-refractivity contribution is 0.146. The van der Waals surface area contributed by atoms with Gasteiger partial charge in [0.25, 0.3) is 0 Å². The fourth-order valence-electron chi connectivity index (χ4n) is 1.19. The molecule has 0 radical (unpaired) electrons. The summed E-state index contributed by atoms with van der Waals surface area (Å²) in [5, 5.41) is 13.1. The molecule has 0 aliphatic carbocycles. The number of aliphatic hydroxyl groups is 1. The first-order valence-corrected chi connectivity index (χ1v) is 4.86. The highest BCUT2D eigenvalue weighted by Crippen LogP contribution is 2.17. The van der Waals surface area contributed by atoms with E-state index in [1.165, 1.54) is 0 Å². The maximum Gasteiger partial charge on any atom is 0.246 e. The van der Waals surface area contributed by atoms with Crippen molar-refractivity contribution < 1.29 is 9.63 Å². The Morgan fingerprint density at radius 1 is 1.50 bits per heavy atom. The number of aromatic nitrogens is 3. The quantitative estimate of drug-likeness (QED) is 0.782. The topological polar surface area (TPSA) is 98.1 Å². The fraction of sp³-hybridized carbons (Fsp3) is 0.300. The minimum Gasteiger partial charge on any atom is -0.391 e. The van der Waals surface area contributed by atoms with Crippen molar-refractivity contribution in [2.45, 2.75) is 19.1 Å². The van der Waals surface area contributed by atoms with Gasteiger partial charge in [-0.15, -0.1) is 0 Å². The SMILES string of the molecule is C[C@@H](O)[C@H](N)c1nc(-c2cccnc2)no1. The Morgan fingerprint density at radius 3 is 2.94 bits per heavy atom. The molecule has 16 heavy (non-hydrogen) atoms. The monoisotopic (exact) mass is 220 g/mol. The van der Waals surface area contributed by atoms with Crippen molar-refractivity contribution in [3.8, 4) is 11.4 Å². The second-order valence-corrected chi connectivity index (χ2v) is 3.46. The molecule has 6 nitrogen and oxygen atoms in total. The number of nitrogens with zero attached hydrogens (tertiary/aromatic N) is 3. The summed E-state index contributed by atoms with van der Waals surface area (Å²) >= 11 is 0. The van der Waals surface area contributed by atoms with Gasteiger partial charge in [0.15, 0.2) is 0 Å². The number of hydrogen-bond donors (Lipinski definition) is 2. The first-order valence-electron chi connectivity index (χ1n) is 4.86. The van der Waals surface area contributed by atoms with Crippen LogP contribution < -0.4 is 5.73 Å². The molecule has 0 aliphatic rings. The van der Waals surface area contributed by atoms with Crippen LogP contribution >= 0.6 is 0 Å². The van der Waals surface area contributed by atoms with Crippen molar-refractivity contribution in [3.05, 3.63) is 30.4 Å². The normalized spacial score (nSPS) is 14.7. The van der Waals surface area contributed by atoms with Crippen LogP contribution in [0, 0.1) is 0 Å². The van der Waals surface area contributed by atoms with Crippen LogP contribution in [0.5, 0.6) is 0 Å². The Kier molecular flexibility index (Phi) is 2.93. The number of hydrogen-bond acceptors (Lipinski definition) is 6. The summed E-state index contributed by atoms with van der Waals surface area (Å²) in [7, 11) is 0. The average Bonchev–Trinajstić information content (AvgIpc) is 2.78. The van der Waals surface area contributed by atoms with Gasteiger partial charge in [-0.25, -0.2) is 0 Å². The zero-order valence-electron chi connectivity index (χ0n) is 8.74. The Morgan fingerprint density at radius 2 is 2.31 bits per heavy atom. The largest absolute Gasteiger partial charge is 0.391 e. The van der Waals surface area contributed by atoms with Crippen LogP contribution in [0.15, 0.2) is 29.0 Å². The summed E-state index contributed by atoms with van der Waals surface area (Å²) in [6, 6.07) is 2.92. The zero-order chi connectivity index (χ0) is 11.5. The average molecular weight is 220 g/mol. The molecule has 2 atom stereocenters. The standard InChI is InChI=1S/C10H12N4O2/c1-6(15)8(11)10-13-9(14-16-10)7-3-2-4-12-5-7/h2-6,8,15H,11H2,1H3/t6-,8+/m1/s1. The summed E-state index contributed by atoms with van der Waals surface area (Å²) < 4.78 is 4.97. The van der Waals surface area contributed by atoms with Gasteiger partial charge in [0.1, 0.15) is 6.04 Å². The zero-order valence-corrected chi connectivity index (χ0v) is 8.74. The summed E-state index contributed by atoms with van der Waals surface area (Å²) in [4.78, 5) is 8.05. The van der Waals surface area contributed by atoms with Gasteiger partial charge < -0.3 is 15.4 Å². The van der Waals surface area contributed by atoms with Crippen molar-refractivity contribution in [3.63, 3.8) is 0 Å². The minimum atomic E-state index is -0.734. The highest BCUT2D eigenvalue weighted by atomic mass is 16.5. The predicted molar refractivity (Wildman–Crippen MR) is 56.1 cm³/mol. The van der Waals surface area contributed by atoms with Gasteiger partial charge in [-0.3, -0.25) is 4.98 Å². The Hall–Kier alpha value is -1.79. The van der Waals surface area contributed by atoms with Crippen LogP contribution in [0.3, 0.4) is 0 Å². The van der Waals surface area contributed by atoms with Gasteiger partial charge in [-0.2, -0.15) is 4.98 Å².